The molecule has 3 aromatic rings. The molecule has 0 heterocycles. The Morgan fingerprint density at radius 2 is 1.61 bits per heavy atom. The van der Waals surface area contributed by atoms with Crippen molar-refractivity contribution in [2.45, 2.75) is 65.4 Å². The van der Waals surface area contributed by atoms with Gasteiger partial charge in [-0.05, 0) is 83.0 Å². The summed E-state index contributed by atoms with van der Waals surface area (Å²) in [5.74, 6) is 1.16. The zero-order valence-corrected chi connectivity index (χ0v) is 21.8. The third-order valence-corrected chi connectivity index (χ3v) is 7.56. The molecule has 1 saturated carbocycles. The Balaban J connectivity index is 1.64. The quantitative estimate of drug-likeness (QED) is 0.263. The van der Waals surface area contributed by atoms with E-state index in [4.69, 9.17) is 4.74 Å². The van der Waals surface area contributed by atoms with Crippen LogP contribution in [0.5, 0.6) is 0 Å². The summed E-state index contributed by atoms with van der Waals surface area (Å²) < 4.78 is 5.45. The maximum Gasteiger partial charge on any atom is 0.333 e. The number of aliphatic hydroxyl groups is 1. The molecule has 1 aliphatic rings. The van der Waals surface area contributed by atoms with Gasteiger partial charge in [0.25, 0.3) is 0 Å². The van der Waals surface area contributed by atoms with Crippen molar-refractivity contribution < 1.29 is 14.6 Å². The van der Waals surface area contributed by atoms with E-state index in [-0.39, 0.29) is 12.6 Å². The number of aliphatic hydroxyl groups excluding tert-OH is 1. The molecule has 0 aromatic heterocycles. The summed E-state index contributed by atoms with van der Waals surface area (Å²) >= 11 is 0. The predicted molar refractivity (Wildman–Crippen MR) is 148 cm³/mol. The van der Waals surface area contributed by atoms with E-state index in [1.54, 1.807) is 6.92 Å². The molecule has 0 aliphatic heterocycles. The summed E-state index contributed by atoms with van der Waals surface area (Å²) in [6.07, 6.45) is 5.82. The van der Waals surface area contributed by atoms with E-state index >= 15 is 0 Å². The number of carbonyl (C=O) groups excluding carboxylic acids is 1. The summed E-state index contributed by atoms with van der Waals surface area (Å²) in [4.78, 5) is 12.0. The lowest BCUT2D eigenvalue weighted by Crippen LogP contribution is -2.11. The Labute approximate surface area is 215 Å². The van der Waals surface area contributed by atoms with Crippen molar-refractivity contribution in [3.8, 4) is 22.3 Å². The lowest BCUT2D eigenvalue weighted by atomic mass is 9.78. The molecule has 1 fully saturated rings. The molecule has 0 spiro atoms. The molecule has 3 aromatic carbocycles. The maximum atomic E-state index is 12.0. The molecule has 1 aliphatic carbocycles. The highest BCUT2D eigenvalue weighted by Crippen LogP contribution is 2.38. The summed E-state index contributed by atoms with van der Waals surface area (Å²) in [5, 5.41) is 9.38. The van der Waals surface area contributed by atoms with E-state index in [0.29, 0.717) is 24.5 Å². The summed E-state index contributed by atoms with van der Waals surface area (Å²) in [5.41, 5.74) is 9.81. The van der Waals surface area contributed by atoms with Crippen LogP contribution in [-0.2, 0) is 22.6 Å². The monoisotopic (exact) mass is 482 g/mol. The van der Waals surface area contributed by atoms with E-state index in [0.717, 1.165) is 28.2 Å². The van der Waals surface area contributed by atoms with E-state index in [9.17, 15) is 9.90 Å². The van der Waals surface area contributed by atoms with Gasteiger partial charge in [0.1, 0.15) is 0 Å². The molecule has 0 unspecified atom stereocenters. The van der Waals surface area contributed by atoms with Crippen LogP contribution in [0.25, 0.3) is 22.3 Å². The zero-order chi connectivity index (χ0) is 25.7. The molecule has 3 heteroatoms. The lowest BCUT2D eigenvalue weighted by molar-refractivity contribution is -0.138. The Morgan fingerprint density at radius 3 is 2.25 bits per heavy atom. The van der Waals surface area contributed by atoms with Crippen LogP contribution < -0.4 is 0 Å². The molecule has 0 bridgehead atoms. The van der Waals surface area contributed by atoms with Crippen LogP contribution >= 0.6 is 0 Å². The van der Waals surface area contributed by atoms with Crippen LogP contribution in [0.2, 0.25) is 0 Å². The Morgan fingerprint density at radius 1 is 0.944 bits per heavy atom. The van der Waals surface area contributed by atoms with E-state index in [1.165, 1.54) is 47.9 Å². The SMILES string of the molecule is C=C(C)C(=O)OCCc1cc(-c2ccc(CO)cc2)ccc1-c1ccc(C2CCC(C)CC2)cc1C. The first-order valence-electron chi connectivity index (χ1n) is 13.1. The lowest BCUT2D eigenvalue weighted by Gasteiger charge is -2.27. The average molecular weight is 483 g/mol. The molecular weight excluding hydrogens is 444 g/mol. The highest BCUT2D eigenvalue weighted by Gasteiger charge is 2.20. The summed E-state index contributed by atoms with van der Waals surface area (Å²) in [6.45, 7) is 10.3. The van der Waals surface area contributed by atoms with Gasteiger partial charge in [0.2, 0.25) is 0 Å². The fourth-order valence-corrected chi connectivity index (χ4v) is 5.26. The van der Waals surface area contributed by atoms with Crippen molar-refractivity contribution in [1.82, 2.24) is 0 Å². The standard InChI is InChI=1S/C33H38O3/c1-22(2)33(35)36-18-17-30-20-29(27-11-7-25(21-34)8-12-27)14-16-32(30)31-15-13-28(19-24(31)4)26-9-5-23(3)6-10-26/h7-8,11-16,19-20,23,26,34H,1,5-6,9-10,17-18,21H2,2-4H3. The molecule has 0 atom stereocenters. The van der Waals surface area contributed by atoms with Crippen LogP contribution in [0.3, 0.4) is 0 Å². The largest absolute Gasteiger partial charge is 0.462 e. The van der Waals surface area contributed by atoms with Gasteiger partial charge in [-0.1, -0.05) is 87.0 Å². The second-order valence-corrected chi connectivity index (χ2v) is 10.4. The molecule has 3 nitrogen and oxygen atoms in total. The third-order valence-electron chi connectivity index (χ3n) is 7.56. The fourth-order valence-electron chi connectivity index (χ4n) is 5.26. The van der Waals surface area contributed by atoms with Crippen LogP contribution in [0.4, 0.5) is 0 Å². The van der Waals surface area contributed by atoms with E-state index in [2.05, 4.69) is 56.8 Å². The minimum absolute atomic E-state index is 0.0354. The van der Waals surface area contributed by atoms with Crippen molar-refractivity contribution in [3.05, 3.63) is 95.1 Å². The van der Waals surface area contributed by atoms with Crippen molar-refractivity contribution in [1.29, 1.82) is 0 Å². The van der Waals surface area contributed by atoms with Gasteiger partial charge in [0.15, 0.2) is 0 Å². The van der Waals surface area contributed by atoms with Gasteiger partial charge in [-0.2, -0.15) is 0 Å². The number of esters is 1. The van der Waals surface area contributed by atoms with Crippen molar-refractivity contribution in [2.75, 3.05) is 6.61 Å². The first-order chi connectivity index (χ1) is 17.4. The topological polar surface area (TPSA) is 46.5 Å². The Hall–Kier alpha value is -3.17. The number of hydrogen-bond acceptors (Lipinski definition) is 3. The van der Waals surface area contributed by atoms with Crippen molar-refractivity contribution in [2.24, 2.45) is 5.92 Å². The van der Waals surface area contributed by atoms with Crippen molar-refractivity contribution in [3.63, 3.8) is 0 Å². The number of rotatable bonds is 8. The zero-order valence-electron chi connectivity index (χ0n) is 21.8. The molecule has 36 heavy (non-hydrogen) atoms. The van der Waals surface area contributed by atoms with Crippen LogP contribution in [0.1, 0.15) is 67.7 Å². The van der Waals surface area contributed by atoms with Crippen LogP contribution in [0.15, 0.2) is 72.8 Å². The molecule has 0 amide bonds. The van der Waals surface area contributed by atoms with Crippen molar-refractivity contribution >= 4 is 5.97 Å². The molecule has 0 radical (unpaired) electrons. The predicted octanol–water partition coefficient (Wildman–Crippen LogP) is 7.78. The fraction of sp³-hybridized carbons (Fsp3) is 0.364. The smallest absolute Gasteiger partial charge is 0.333 e. The number of benzene rings is 3. The first kappa shape index (κ1) is 25.9. The van der Waals surface area contributed by atoms with Gasteiger partial charge in [-0.25, -0.2) is 4.79 Å². The minimum Gasteiger partial charge on any atom is -0.462 e. The van der Waals surface area contributed by atoms with Gasteiger partial charge in [-0.15, -0.1) is 0 Å². The van der Waals surface area contributed by atoms with Gasteiger partial charge < -0.3 is 9.84 Å². The van der Waals surface area contributed by atoms with Gasteiger partial charge in [-0.3, -0.25) is 0 Å². The second-order valence-electron chi connectivity index (χ2n) is 10.4. The minimum atomic E-state index is -0.352. The maximum absolute atomic E-state index is 12.0. The van der Waals surface area contributed by atoms with E-state index in [1.807, 2.05) is 24.3 Å². The number of aryl methyl sites for hydroxylation is 1. The molecule has 0 saturated heterocycles. The molecular formula is C33H38O3. The highest BCUT2D eigenvalue weighted by molar-refractivity contribution is 5.87. The van der Waals surface area contributed by atoms with Crippen LogP contribution in [0, 0.1) is 12.8 Å². The molecule has 4 rings (SSSR count). The summed E-state index contributed by atoms with van der Waals surface area (Å²) in [7, 11) is 0. The number of ether oxygens (including phenoxy) is 1. The Bertz CT molecular complexity index is 1210. The summed E-state index contributed by atoms with van der Waals surface area (Å²) in [6, 6.07) is 21.5. The Kier molecular flexibility index (Phi) is 8.43. The van der Waals surface area contributed by atoms with Gasteiger partial charge >= 0.3 is 5.97 Å². The van der Waals surface area contributed by atoms with Gasteiger partial charge in [0, 0.05) is 12.0 Å². The normalized spacial score (nSPS) is 17.6. The van der Waals surface area contributed by atoms with Crippen LogP contribution in [-0.4, -0.2) is 17.7 Å². The number of hydrogen-bond donors (Lipinski definition) is 1. The highest BCUT2D eigenvalue weighted by atomic mass is 16.5. The second kappa shape index (κ2) is 11.7. The molecule has 188 valence electrons. The number of carbonyl (C=O) groups is 1. The third kappa shape index (κ3) is 6.14. The van der Waals surface area contributed by atoms with E-state index < -0.39 is 0 Å². The van der Waals surface area contributed by atoms with Gasteiger partial charge in [0.05, 0.1) is 13.2 Å². The first-order valence-corrected chi connectivity index (χ1v) is 13.1. The molecule has 1 N–H and O–H groups in total. The average Bonchev–Trinajstić information content (AvgIpc) is 2.89.